The minimum atomic E-state index is -0.281. The van der Waals surface area contributed by atoms with Crippen molar-refractivity contribution in [2.24, 2.45) is 0 Å². The number of ether oxygens (including phenoxy) is 1. The lowest BCUT2D eigenvalue weighted by Gasteiger charge is -2.09. The second kappa shape index (κ2) is 8.11. The lowest BCUT2D eigenvalue weighted by Crippen LogP contribution is -2.15. The van der Waals surface area contributed by atoms with Gasteiger partial charge in [0.15, 0.2) is 0 Å². The summed E-state index contributed by atoms with van der Waals surface area (Å²) in [4.78, 5) is 21.1. The van der Waals surface area contributed by atoms with E-state index in [-0.39, 0.29) is 5.91 Å². The van der Waals surface area contributed by atoms with E-state index in [4.69, 9.17) is 4.74 Å². The van der Waals surface area contributed by atoms with Crippen LogP contribution in [0.15, 0.2) is 60.7 Å². The molecule has 132 valence electrons. The summed E-state index contributed by atoms with van der Waals surface area (Å²) in [5.41, 5.74) is 2.53. The third-order valence-corrected chi connectivity index (χ3v) is 3.54. The van der Waals surface area contributed by atoms with E-state index in [0.29, 0.717) is 23.9 Å². The van der Waals surface area contributed by atoms with Gasteiger partial charge in [-0.2, -0.15) is 0 Å². The Morgan fingerprint density at radius 3 is 2.42 bits per heavy atom. The molecule has 0 unspecified atom stereocenters. The van der Waals surface area contributed by atoms with Crippen molar-refractivity contribution in [1.82, 2.24) is 9.97 Å². The number of benzene rings is 2. The predicted molar refractivity (Wildman–Crippen MR) is 102 cm³/mol. The number of carbonyl (C=O) groups is 1. The number of anilines is 3. The first-order chi connectivity index (χ1) is 12.6. The second-order valence-corrected chi connectivity index (χ2v) is 5.62. The Labute approximate surface area is 152 Å². The molecule has 2 aromatic carbocycles. The molecule has 3 aromatic rings. The quantitative estimate of drug-likeness (QED) is 0.699. The van der Waals surface area contributed by atoms with Gasteiger partial charge in [0.25, 0.3) is 5.91 Å². The van der Waals surface area contributed by atoms with Crippen molar-refractivity contribution in [3.8, 4) is 5.75 Å². The number of aromatic nitrogens is 2. The number of nitrogens with one attached hydrogen (secondary N) is 2. The molecule has 1 amide bonds. The van der Waals surface area contributed by atoms with Gasteiger partial charge in [-0.1, -0.05) is 18.2 Å². The molecule has 0 saturated carbocycles. The van der Waals surface area contributed by atoms with Crippen LogP contribution in [0.5, 0.6) is 5.75 Å². The zero-order chi connectivity index (χ0) is 18.4. The lowest BCUT2D eigenvalue weighted by atomic mass is 10.3. The smallest absolute Gasteiger partial charge is 0.274 e. The van der Waals surface area contributed by atoms with E-state index in [9.17, 15) is 4.79 Å². The van der Waals surface area contributed by atoms with Gasteiger partial charge in [-0.05, 0) is 56.3 Å². The highest BCUT2D eigenvalue weighted by Gasteiger charge is 2.11. The van der Waals surface area contributed by atoms with E-state index < -0.39 is 0 Å². The van der Waals surface area contributed by atoms with Gasteiger partial charge in [0, 0.05) is 17.1 Å². The number of hydrogen-bond acceptors (Lipinski definition) is 5. The van der Waals surface area contributed by atoms with Crippen LogP contribution in [0.4, 0.5) is 17.3 Å². The Hall–Kier alpha value is -3.41. The van der Waals surface area contributed by atoms with Crippen LogP contribution in [0.1, 0.15) is 23.1 Å². The van der Waals surface area contributed by atoms with Crippen molar-refractivity contribution in [3.05, 3.63) is 72.1 Å². The number of hydrogen-bond donors (Lipinski definition) is 2. The maximum atomic E-state index is 12.4. The first kappa shape index (κ1) is 17.4. The number of rotatable bonds is 6. The largest absolute Gasteiger partial charge is 0.494 e. The van der Waals surface area contributed by atoms with Gasteiger partial charge in [0.05, 0.1) is 6.61 Å². The van der Waals surface area contributed by atoms with Gasteiger partial charge in [0.2, 0.25) is 5.95 Å². The Morgan fingerprint density at radius 1 is 1.00 bits per heavy atom. The third-order valence-electron chi connectivity index (χ3n) is 3.54. The molecule has 26 heavy (non-hydrogen) atoms. The first-order valence-electron chi connectivity index (χ1n) is 8.36. The molecule has 1 heterocycles. The maximum Gasteiger partial charge on any atom is 0.274 e. The second-order valence-electron chi connectivity index (χ2n) is 5.62. The monoisotopic (exact) mass is 348 g/mol. The number of carbonyl (C=O) groups excluding carboxylic acids is 1. The number of aryl methyl sites for hydroxylation is 1. The average molecular weight is 348 g/mol. The summed E-state index contributed by atoms with van der Waals surface area (Å²) < 4.78 is 5.43. The summed E-state index contributed by atoms with van der Waals surface area (Å²) in [7, 11) is 0. The summed E-state index contributed by atoms with van der Waals surface area (Å²) in [6.07, 6.45) is 0. The van der Waals surface area contributed by atoms with Crippen LogP contribution in [0.25, 0.3) is 0 Å². The van der Waals surface area contributed by atoms with Crippen LogP contribution in [-0.2, 0) is 0 Å². The fourth-order valence-electron chi connectivity index (χ4n) is 2.39. The zero-order valence-electron chi connectivity index (χ0n) is 14.7. The van der Waals surface area contributed by atoms with Gasteiger partial charge < -0.3 is 15.4 Å². The highest BCUT2D eigenvalue weighted by atomic mass is 16.5. The van der Waals surface area contributed by atoms with E-state index >= 15 is 0 Å². The van der Waals surface area contributed by atoms with Crippen LogP contribution >= 0.6 is 0 Å². The maximum absolute atomic E-state index is 12.4. The molecular formula is C20H20N4O2. The summed E-state index contributed by atoms with van der Waals surface area (Å²) in [6.45, 7) is 4.38. The molecule has 0 spiro atoms. The minimum absolute atomic E-state index is 0.281. The fourth-order valence-corrected chi connectivity index (χ4v) is 2.39. The van der Waals surface area contributed by atoms with Crippen LogP contribution < -0.4 is 15.4 Å². The van der Waals surface area contributed by atoms with Crippen molar-refractivity contribution < 1.29 is 9.53 Å². The highest BCUT2D eigenvalue weighted by molar-refractivity contribution is 6.03. The highest BCUT2D eigenvalue weighted by Crippen LogP contribution is 2.19. The lowest BCUT2D eigenvalue weighted by molar-refractivity contribution is 0.102. The molecule has 0 aliphatic rings. The molecule has 0 saturated heterocycles. The van der Waals surface area contributed by atoms with Crippen LogP contribution in [-0.4, -0.2) is 22.5 Å². The molecule has 0 atom stereocenters. The van der Waals surface area contributed by atoms with Gasteiger partial charge in [-0.3, -0.25) is 4.79 Å². The third kappa shape index (κ3) is 4.57. The summed E-state index contributed by atoms with van der Waals surface area (Å²) in [5, 5.41) is 5.94. The Bertz CT molecular complexity index is 880. The van der Waals surface area contributed by atoms with Crippen molar-refractivity contribution in [2.75, 3.05) is 17.2 Å². The molecule has 1 aromatic heterocycles. The molecule has 6 heteroatoms. The standard InChI is InChI=1S/C20H20N4O2/c1-3-26-17-11-9-16(10-12-17)23-20-21-14(2)13-18(24-20)19(25)22-15-7-5-4-6-8-15/h4-13H,3H2,1-2H3,(H,22,25)(H,21,23,24). The number of nitrogens with zero attached hydrogens (tertiary/aromatic N) is 2. The van der Waals surface area contributed by atoms with Gasteiger partial charge in [-0.15, -0.1) is 0 Å². The Kier molecular flexibility index (Phi) is 5.43. The Morgan fingerprint density at radius 2 is 1.73 bits per heavy atom. The molecule has 2 N–H and O–H groups in total. The van der Waals surface area contributed by atoms with E-state index in [0.717, 1.165) is 17.1 Å². The van der Waals surface area contributed by atoms with Crippen molar-refractivity contribution >= 4 is 23.2 Å². The molecular weight excluding hydrogens is 328 g/mol. The summed E-state index contributed by atoms with van der Waals surface area (Å²) in [6, 6.07) is 18.4. The molecule has 0 radical (unpaired) electrons. The first-order valence-corrected chi connectivity index (χ1v) is 8.36. The average Bonchev–Trinajstić information content (AvgIpc) is 2.64. The summed E-state index contributed by atoms with van der Waals surface area (Å²) in [5.74, 6) is 0.884. The van der Waals surface area contributed by atoms with E-state index in [2.05, 4.69) is 20.6 Å². The molecule has 0 fully saturated rings. The molecule has 3 rings (SSSR count). The molecule has 6 nitrogen and oxygen atoms in total. The van der Waals surface area contributed by atoms with Crippen molar-refractivity contribution in [2.45, 2.75) is 13.8 Å². The minimum Gasteiger partial charge on any atom is -0.494 e. The fraction of sp³-hybridized carbons (Fsp3) is 0.150. The van der Waals surface area contributed by atoms with Crippen LogP contribution in [0.2, 0.25) is 0 Å². The van der Waals surface area contributed by atoms with Crippen LogP contribution in [0.3, 0.4) is 0 Å². The van der Waals surface area contributed by atoms with Crippen LogP contribution in [0, 0.1) is 6.92 Å². The van der Waals surface area contributed by atoms with Crippen molar-refractivity contribution in [1.29, 1.82) is 0 Å². The summed E-state index contributed by atoms with van der Waals surface area (Å²) >= 11 is 0. The normalized spacial score (nSPS) is 10.2. The predicted octanol–water partition coefficient (Wildman–Crippen LogP) is 4.18. The molecule has 0 aliphatic heterocycles. The topological polar surface area (TPSA) is 76.1 Å². The van der Waals surface area contributed by atoms with E-state index in [1.807, 2.05) is 68.4 Å². The Balaban J connectivity index is 1.75. The zero-order valence-corrected chi connectivity index (χ0v) is 14.7. The van der Waals surface area contributed by atoms with E-state index in [1.54, 1.807) is 6.07 Å². The molecule has 0 bridgehead atoms. The number of amides is 1. The van der Waals surface area contributed by atoms with Gasteiger partial charge >= 0.3 is 0 Å². The number of para-hydroxylation sites is 1. The van der Waals surface area contributed by atoms with Gasteiger partial charge in [0.1, 0.15) is 11.4 Å². The molecule has 0 aliphatic carbocycles. The van der Waals surface area contributed by atoms with Gasteiger partial charge in [-0.25, -0.2) is 9.97 Å². The van der Waals surface area contributed by atoms with Crippen molar-refractivity contribution in [3.63, 3.8) is 0 Å². The SMILES string of the molecule is CCOc1ccc(Nc2nc(C)cc(C(=O)Nc3ccccc3)n2)cc1. The van der Waals surface area contributed by atoms with E-state index in [1.165, 1.54) is 0 Å².